The van der Waals surface area contributed by atoms with Crippen LogP contribution in [-0.4, -0.2) is 21.5 Å². The van der Waals surface area contributed by atoms with Crippen molar-refractivity contribution in [2.24, 2.45) is 0 Å². The molecular weight excluding hydrogens is 298 g/mol. The van der Waals surface area contributed by atoms with Gasteiger partial charge in [-0.2, -0.15) is 5.10 Å². The normalized spacial score (nSPS) is 15.3. The van der Waals surface area contributed by atoms with Crippen LogP contribution in [0.5, 0.6) is 0 Å². The Kier molecular flexibility index (Phi) is 5.36. The molecule has 3 rings (SSSR count). The number of aryl methyl sites for hydroxylation is 3. The van der Waals surface area contributed by atoms with Crippen molar-refractivity contribution < 1.29 is 5.11 Å². The van der Waals surface area contributed by atoms with E-state index < -0.39 is 0 Å². The predicted molar refractivity (Wildman–Crippen MR) is 97.1 cm³/mol. The van der Waals surface area contributed by atoms with Crippen LogP contribution in [0.25, 0.3) is 0 Å². The van der Waals surface area contributed by atoms with Crippen LogP contribution in [0.2, 0.25) is 0 Å². The highest BCUT2D eigenvalue weighted by Crippen LogP contribution is 2.25. The zero-order chi connectivity index (χ0) is 17.1. The summed E-state index contributed by atoms with van der Waals surface area (Å²) in [4.78, 5) is 0. The lowest BCUT2D eigenvalue weighted by Gasteiger charge is -2.20. The lowest BCUT2D eigenvalue weighted by molar-refractivity contribution is 0.267. The van der Waals surface area contributed by atoms with Crippen molar-refractivity contribution in [1.82, 2.24) is 15.1 Å². The Morgan fingerprint density at radius 1 is 1.21 bits per heavy atom. The minimum Gasteiger partial charge on any atom is -0.394 e. The monoisotopic (exact) mass is 327 g/mol. The molecule has 24 heavy (non-hydrogen) atoms. The first kappa shape index (κ1) is 17.2. The summed E-state index contributed by atoms with van der Waals surface area (Å²) in [7, 11) is 0. The third kappa shape index (κ3) is 3.55. The molecule has 0 radical (unpaired) electrons. The van der Waals surface area contributed by atoms with E-state index in [0.29, 0.717) is 12.6 Å². The SMILES string of the molecule is Cc1nn(CCO)c(C)c1CN[C@H](C)c1ccc2c(c1)CCCC2. The van der Waals surface area contributed by atoms with Crippen molar-refractivity contribution in [3.63, 3.8) is 0 Å². The molecule has 1 aromatic carbocycles. The zero-order valence-electron chi connectivity index (χ0n) is 15.1. The summed E-state index contributed by atoms with van der Waals surface area (Å²) >= 11 is 0. The molecule has 1 aliphatic carbocycles. The van der Waals surface area contributed by atoms with E-state index in [0.717, 1.165) is 17.9 Å². The number of aromatic nitrogens is 2. The molecule has 130 valence electrons. The molecule has 0 saturated carbocycles. The van der Waals surface area contributed by atoms with E-state index in [1.807, 2.05) is 11.6 Å². The number of nitrogens with zero attached hydrogens (tertiary/aromatic N) is 2. The summed E-state index contributed by atoms with van der Waals surface area (Å²) in [5, 5.41) is 17.3. The summed E-state index contributed by atoms with van der Waals surface area (Å²) in [6, 6.07) is 7.30. The number of aliphatic hydroxyl groups is 1. The molecule has 0 unspecified atom stereocenters. The number of hydrogen-bond acceptors (Lipinski definition) is 3. The molecule has 0 fully saturated rings. The first-order chi connectivity index (χ1) is 11.6. The fourth-order valence-electron chi connectivity index (χ4n) is 3.70. The maximum atomic E-state index is 9.13. The number of aliphatic hydroxyl groups excluding tert-OH is 1. The molecule has 1 aliphatic rings. The summed E-state index contributed by atoms with van der Waals surface area (Å²) in [6.07, 6.45) is 5.11. The van der Waals surface area contributed by atoms with Crippen molar-refractivity contribution in [2.45, 2.75) is 65.6 Å². The van der Waals surface area contributed by atoms with Crippen LogP contribution in [0, 0.1) is 13.8 Å². The molecule has 1 aromatic heterocycles. The summed E-state index contributed by atoms with van der Waals surface area (Å²) in [5.74, 6) is 0. The summed E-state index contributed by atoms with van der Waals surface area (Å²) < 4.78 is 1.90. The topological polar surface area (TPSA) is 50.1 Å². The number of rotatable bonds is 6. The first-order valence-corrected chi connectivity index (χ1v) is 9.09. The molecule has 0 amide bonds. The lowest BCUT2D eigenvalue weighted by atomic mass is 9.89. The van der Waals surface area contributed by atoms with E-state index >= 15 is 0 Å². The Bertz CT molecular complexity index is 705. The summed E-state index contributed by atoms with van der Waals surface area (Å²) in [5.41, 5.74) is 7.88. The lowest BCUT2D eigenvalue weighted by Crippen LogP contribution is -2.19. The van der Waals surface area contributed by atoms with Gasteiger partial charge in [0.15, 0.2) is 0 Å². The highest BCUT2D eigenvalue weighted by Gasteiger charge is 2.15. The van der Waals surface area contributed by atoms with Gasteiger partial charge in [-0.15, -0.1) is 0 Å². The van der Waals surface area contributed by atoms with E-state index in [4.69, 9.17) is 5.11 Å². The van der Waals surface area contributed by atoms with Gasteiger partial charge in [0.2, 0.25) is 0 Å². The Balaban J connectivity index is 1.68. The van der Waals surface area contributed by atoms with Crippen molar-refractivity contribution >= 4 is 0 Å². The number of hydrogen-bond donors (Lipinski definition) is 2. The van der Waals surface area contributed by atoms with Gasteiger partial charge >= 0.3 is 0 Å². The van der Waals surface area contributed by atoms with Crippen LogP contribution < -0.4 is 5.32 Å². The highest BCUT2D eigenvalue weighted by molar-refractivity contribution is 5.35. The molecule has 0 spiro atoms. The van der Waals surface area contributed by atoms with Gasteiger partial charge in [0.1, 0.15) is 0 Å². The Hall–Kier alpha value is -1.65. The van der Waals surface area contributed by atoms with Crippen molar-refractivity contribution in [3.05, 3.63) is 51.8 Å². The van der Waals surface area contributed by atoms with E-state index in [1.165, 1.54) is 47.9 Å². The quantitative estimate of drug-likeness (QED) is 0.856. The van der Waals surface area contributed by atoms with Gasteiger partial charge in [-0.05, 0) is 63.1 Å². The van der Waals surface area contributed by atoms with Crippen LogP contribution in [0.15, 0.2) is 18.2 Å². The first-order valence-electron chi connectivity index (χ1n) is 9.09. The Labute approximate surface area is 144 Å². The molecule has 0 bridgehead atoms. The van der Waals surface area contributed by atoms with Gasteiger partial charge in [-0.3, -0.25) is 4.68 Å². The zero-order valence-corrected chi connectivity index (χ0v) is 15.1. The van der Waals surface area contributed by atoms with E-state index in [1.54, 1.807) is 0 Å². The molecule has 1 atom stereocenters. The van der Waals surface area contributed by atoms with Crippen molar-refractivity contribution in [3.8, 4) is 0 Å². The average molecular weight is 327 g/mol. The standard InChI is InChI=1S/C20H29N3O/c1-14(18-9-8-17-6-4-5-7-19(17)12-18)21-13-20-15(2)22-23(10-11-24)16(20)3/h8-9,12,14,21,24H,4-7,10-11,13H2,1-3H3/t14-/m1/s1. The molecule has 4 nitrogen and oxygen atoms in total. The molecule has 0 aliphatic heterocycles. The van der Waals surface area contributed by atoms with Crippen LogP contribution >= 0.6 is 0 Å². The highest BCUT2D eigenvalue weighted by atomic mass is 16.3. The fourth-order valence-corrected chi connectivity index (χ4v) is 3.70. The van der Waals surface area contributed by atoms with Crippen LogP contribution in [0.1, 0.15) is 59.4 Å². The predicted octanol–water partition coefficient (Wildman–Crippen LogP) is 3.22. The van der Waals surface area contributed by atoms with Crippen molar-refractivity contribution in [2.75, 3.05) is 6.61 Å². The van der Waals surface area contributed by atoms with Crippen LogP contribution in [0.3, 0.4) is 0 Å². The maximum Gasteiger partial charge on any atom is 0.0644 e. The fraction of sp³-hybridized carbons (Fsp3) is 0.550. The largest absolute Gasteiger partial charge is 0.394 e. The van der Waals surface area contributed by atoms with Gasteiger partial charge in [0, 0.05) is 23.8 Å². The van der Waals surface area contributed by atoms with Gasteiger partial charge in [0.25, 0.3) is 0 Å². The third-order valence-corrected chi connectivity index (χ3v) is 5.30. The molecule has 4 heteroatoms. The average Bonchev–Trinajstić information content (AvgIpc) is 2.86. The second-order valence-electron chi connectivity index (χ2n) is 6.93. The molecule has 2 N–H and O–H groups in total. The van der Waals surface area contributed by atoms with Gasteiger partial charge in [-0.25, -0.2) is 0 Å². The molecule has 2 aromatic rings. The van der Waals surface area contributed by atoms with Crippen molar-refractivity contribution in [1.29, 1.82) is 0 Å². The maximum absolute atomic E-state index is 9.13. The number of benzene rings is 1. The van der Waals surface area contributed by atoms with Crippen LogP contribution in [0.4, 0.5) is 0 Å². The molecule has 1 heterocycles. The van der Waals surface area contributed by atoms with Gasteiger partial charge in [-0.1, -0.05) is 18.2 Å². The van der Waals surface area contributed by atoms with Crippen LogP contribution in [-0.2, 0) is 25.9 Å². The smallest absolute Gasteiger partial charge is 0.0644 e. The third-order valence-electron chi connectivity index (χ3n) is 5.30. The minimum atomic E-state index is 0.125. The molecule has 0 saturated heterocycles. The second kappa shape index (κ2) is 7.49. The molecular formula is C20H29N3O. The van der Waals surface area contributed by atoms with Gasteiger partial charge < -0.3 is 10.4 Å². The number of nitrogens with one attached hydrogen (secondary N) is 1. The minimum absolute atomic E-state index is 0.125. The number of fused-ring (bicyclic) bond motifs is 1. The van der Waals surface area contributed by atoms with E-state index in [-0.39, 0.29) is 6.61 Å². The van der Waals surface area contributed by atoms with Gasteiger partial charge in [0.05, 0.1) is 18.8 Å². The Morgan fingerprint density at radius 3 is 2.71 bits per heavy atom. The van der Waals surface area contributed by atoms with E-state index in [9.17, 15) is 0 Å². The Morgan fingerprint density at radius 2 is 1.96 bits per heavy atom. The second-order valence-corrected chi connectivity index (χ2v) is 6.93. The van der Waals surface area contributed by atoms with E-state index in [2.05, 4.69) is 42.5 Å². The summed E-state index contributed by atoms with van der Waals surface area (Å²) in [6.45, 7) is 7.85.